The number of carbonyl (C=O) groups is 1. The van der Waals surface area contributed by atoms with Gasteiger partial charge in [0.05, 0.1) is 23.9 Å². The minimum atomic E-state index is -1.85. The van der Waals surface area contributed by atoms with E-state index in [1.165, 1.54) is 0 Å². The van der Waals surface area contributed by atoms with Crippen LogP contribution in [0.25, 0.3) is 0 Å². The summed E-state index contributed by atoms with van der Waals surface area (Å²) in [5.41, 5.74) is -0.0261. The summed E-state index contributed by atoms with van der Waals surface area (Å²) in [6.45, 7) is 6.85. The van der Waals surface area contributed by atoms with Gasteiger partial charge in [-0.15, -0.1) is 0 Å². The van der Waals surface area contributed by atoms with E-state index in [0.717, 1.165) is 56.9 Å². The Kier molecular flexibility index (Phi) is 5.41. The predicted octanol–water partition coefficient (Wildman–Crippen LogP) is 2.82. The quantitative estimate of drug-likeness (QED) is 0.359. The molecule has 0 amide bonds. The number of aliphatic hydroxyl groups is 3. The van der Waals surface area contributed by atoms with Crippen LogP contribution in [0.2, 0.25) is 0 Å². The zero-order valence-electron chi connectivity index (χ0n) is 22.2. The number of hydrogen-bond acceptors (Lipinski definition) is 8. The van der Waals surface area contributed by atoms with Gasteiger partial charge in [-0.25, -0.2) is 4.79 Å². The summed E-state index contributed by atoms with van der Waals surface area (Å²) in [7, 11) is 0. The summed E-state index contributed by atoms with van der Waals surface area (Å²) in [6, 6.07) is 0. The van der Waals surface area contributed by atoms with Crippen LogP contribution in [0.15, 0.2) is 11.6 Å². The lowest BCUT2D eigenvalue weighted by Gasteiger charge is -2.65. The lowest BCUT2D eigenvalue weighted by Crippen LogP contribution is -2.70. The maximum absolute atomic E-state index is 12.5. The van der Waals surface area contributed by atoms with Crippen molar-refractivity contribution < 1.29 is 39.1 Å². The molecule has 8 heteroatoms. The predicted molar refractivity (Wildman–Crippen MR) is 131 cm³/mol. The van der Waals surface area contributed by atoms with E-state index >= 15 is 0 Å². The molecule has 13 atom stereocenters. The Labute approximate surface area is 218 Å². The molecule has 0 aromatic heterocycles. The van der Waals surface area contributed by atoms with Crippen LogP contribution in [0.5, 0.6) is 0 Å². The van der Waals surface area contributed by atoms with Gasteiger partial charge in [0.2, 0.25) is 12.1 Å². The van der Waals surface area contributed by atoms with E-state index in [2.05, 4.69) is 13.8 Å². The van der Waals surface area contributed by atoms with Crippen molar-refractivity contribution in [2.45, 2.75) is 121 Å². The third-order valence-corrected chi connectivity index (χ3v) is 12.3. The Hall–Kier alpha value is -1.03. The van der Waals surface area contributed by atoms with Crippen molar-refractivity contribution in [3.63, 3.8) is 0 Å². The highest BCUT2D eigenvalue weighted by Gasteiger charge is 2.69. The van der Waals surface area contributed by atoms with E-state index in [1.54, 1.807) is 6.08 Å². The van der Waals surface area contributed by atoms with Crippen LogP contribution in [0.1, 0.15) is 78.6 Å². The Morgan fingerprint density at radius 1 is 0.973 bits per heavy atom. The molecule has 3 heterocycles. The summed E-state index contributed by atoms with van der Waals surface area (Å²) >= 11 is 0. The SMILES string of the molecule is C[C@@H]1C[C@@H](O)[C@]2(O)O[C@@H]3C[C@@]4(C)[C@@H](CC[C@@H]5[C@@H]4CC[C@]4(C)[C@@H](C6=CC(=O)OC6)CC[C@]54O)C[C@H]3O[C@@H]2O1. The van der Waals surface area contributed by atoms with Crippen molar-refractivity contribution in [2.75, 3.05) is 6.61 Å². The van der Waals surface area contributed by atoms with Crippen molar-refractivity contribution in [1.82, 2.24) is 0 Å². The van der Waals surface area contributed by atoms with Gasteiger partial charge in [0.25, 0.3) is 0 Å². The molecule has 0 aromatic carbocycles. The molecule has 4 saturated carbocycles. The zero-order valence-corrected chi connectivity index (χ0v) is 22.2. The van der Waals surface area contributed by atoms with Crippen LogP contribution in [-0.2, 0) is 23.7 Å². The van der Waals surface area contributed by atoms with Gasteiger partial charge in [0.1, 0.15) is 12.7 Å². The highest BCUT2D eigenvalue weighted by molar-refractivity contribution is 5.85. The van der Waals surface area contributed by atoms with E-state index in [1.807, 2.05) is 6.92 Å². The summed E-state index contributed by atoms with van der Waals surface area (Å²) in [5.74, 6) is -0.928. The average molecular weight is 519 g/mol. The molecule has 7 rings (SSSR count). The Morgan fingerprint density at radius 3 is 2.54 bits per heavy atom. The van der Waals surface area contributed by atoms with E-state index in [-0.39, 0.29) is 46.9 Å². The molecule has 7 aliphatic rings. The lowest BCUT2D eigenvalue weighted by atomic mass is 9.43. The Bertz CT molecular complexity index is 1010. The molecule has 8 nitrogen and oxygen atoms in total. The fourth-order valence-corrected chi connectivity index (χ4v) is 10.3. The highest BCUT2D eigenvalue weighted by atomic mass is 16.8. The van der Waals surface area contributed by atoms with Crippen LogP contribution in [0.4, 0.5) is 0 Å². The minimum absolute atomic E-state index is 0.0503. The molecular formula is C29H42O8. The molecule has 0 spiro atoms. The van der Waals surface area contributed by atoms with E-state index in [9.17, 15) is 20.1 Å². The Balaban J connectivity index is 1.16. The van der Waals surface area contributed by atoms with Gasteiger partial charge in [-0.05, 0) is 93.0 Å². The minimum Gasteiger partial charge on any atom is -0.458 e. The van der Waals surface area contributed by atoms with Crippen LogP contribution in [0.3, 0.4) is 0 Å². The van der Waals surface area contributed by atoms with Gasteiger partial charge in [0.15, 0.2) is 0 Å². The normalized spacial score (nSPS) is 58.8. The number of fused-ring (bicyclic) bond motifs is 7. The first kappa shape index (κ1) is 25.0. The highest BCUT2D eigenvalue weighted by Crippen LogP contribution is 2.70. The maximum Gasteiger partial charge on any atom is 0.331 e. The second kappa shape index (κ2) is 8.01. The first-order chi connectivity index (χ1) is 17.5. The van der Waals surface area contributed by atoms with Crippen LogP contribution in [-0.4, -0.2) is 70.0 Å². The van der Waals surface area contributed by atoms with Crippen molar-refractivity contribution in [3.05, 3.63) is 11.6 Å². The van der Waals surface area contributed by atoms with Gasteiger partial charge < -0.3 is 34.3 Å². The topological polar surface area (TPSA) is 115 Å². The van der Waals surface area contributed by atoms with Crippen molar-refractivity contribution in [2.24, 2.45) is 34.5 Å². The number of carbonyl (C=O) groups excluding carboxylic acids is 1. The monoisotopic (exact) mass is 518 g/mol. The molecule has 4 aliphatic carbocycles. The summed E-state index contributed by atoms with van der Waals surface area (Å²) in [5, 5.41) is 34.4. The first-order valence-electron chi connectivity index (χ1n) is 14.5. The fourth-order valence-electron chi connectivity index (χ4n) is 10.3. The molecule has 3 aliphatic heterocycles. The van der Waals surface area contributed by atoms with Gasteiger partial charge in [-0.3, -0.25) is 0 Å². The smallest absolute Gasteiger partial charge is 0.331 e. The second-order valence-electron chi connectivity index (χ2n) is 13.8. The van der Waals surface area contributed by atoms with Crippen molar-refractivity contribution in [1.29, 1.82) is 0 Å². The number of ether oxygens (including phenoxy) is 4. The molecule has 0 aromatic rings. The second-order valence-corrected chi connectivity index (χ2v) is 13.8. The standard InChI is InChI=1S/C29H42O8/c1-15-10-23(30)29(33)25(35-15)36-21-12-17-4-5-20-19(26(17,2)13-22(21)37-29)6-8-27(3)18(7-9-28(20,27)32)16-11-24(31)34-14-16/h11,15,17-23,25,30,32-33H,4-10,12-14H2,1-3H3/t15-,17+,18-,19+,20-,21-,22-,23-,25+,26+,27-,28+,29+/m1/s1. The van der Waals surface area contributed by atoms with Gasteiger partial charge >= 0.3 is 5.97 Å². The van der Waals surface area contributed by atoms with Crippen molar-refractivity contribution >= 4 is 5.97 Å². The molecule has 0 radical (unpaired) electrons. The first-order valence-corrected chi connectivity index (χ1v) is 14.5. The molecule has 3 N–H and O–H groups in total. The molecule has 6 fully saturated rings. The van der Waals surface area contributed by atoms with Crippen LogP contribution in [0, 0.1) is 34.5 Å². The number of hydrogen-bond donors (Lipinski definition) is 3. The zero-order chi connectivity index (χ0) is 26.0. The van der Waals surface area contributed by atoms with Crippen LogP contribution >= 0.6 is 0 Å². The number of aliphatic hydroxyl groups excluding tert-OH is 1. The van der Waals surface area contributed by atoms with Gasteiger partial charge in [-0.2, -0.15) is 0 Å². The maximum atomic E-state index is 12.5. The van der Waals surface area contributed by atoms with Crippen molar-refractivity contribution in [3.8, 4) is 0 Å². The number of esters is 1. The van der Waals surface area contributed by atoms with E-state index in [4.69, 9.17) is 18.9 Å². The largest absolute Gasteiger partial charge is 0.458 e. The molecular weight excluding hydrogens is 476 g/mol. The van der Waals surface area contributed by atoms with Crippen LogP contribution < -0.4 is 0 Å². The molecule has 0 unspecified atom stereocenters. The van der Waals surface area contributed by atoms with E-state index < -0.39 is 23.8 Å². The summed E-state index contributed by atoms with van der Waals surface area (Å²) in [4.78, 5) is 11.8. The van der Waals surface area contributed by atoms with E-state index in [0.29, 0.717) is 24.9 Å². The lowest BCUT2D eigenvalue weighted by molar-refractivity contribution is -0.458. The number of rotatable bonds is 1. The van der Waals surface area contributed by atoms with Gasteiger partial charge in [-0.1, -0.05) is 13.8 Å². The molecule has 0 bridgehead atoms. The van der Waals surface area contributed by atoms with Gasteiger partial charge in [0, 0.05) is 17.9 Å². The number of cyclic esters (lactones) is 1. The fraction of sp³-hybridized carbons (Fsp3) is 0.897. The summed E-state index contributed by atoms with van der Waals surface area (Å²) in [6.07, 6.45) is 6.46. The average Bonchev–Trinajstić information content (AvgIpc) is 3.37. The Morgan fingerprint density at radius 2 is 1.78 bits per heavy atom. The third-order valence-electron chi connectivity index (χ3n) is 12.3. The molecule has 37 heavy (non-hydrogen) atoms. The summed E-state index contributed by atoms with van der Waals surface area (Å²) < 4.78 is 23.7. The molecule has 206 valence electrons. The third kappa shape index (κ3) is 3.26. The molecule has 2 saturated heterocycles.